The van der Waals surface area contributed by atoms with E-state index in [1.165, 1.54) is 12.1 Å². The molecule has 1 aromatic heterocycles. The van der Waals surface area contributed by atoms with Gasteiger partial charge in [0.2, 0.25) is 5.95 Å². The molecular weight excluding hydrogens is 278 g/mol. The Morgan fingerprint density at radius 2 is 2.10 bits per heavy atom. The molecule has 0 saturated heterocycles. The van der Waals surface area contributed by atoms with Crippen LogP contribution in [0.4, 0.5) is 26.2 Å². The van der Waals surface area contributed by atoms with Crippen LogP contribution in [0.1, 0.15) is 6.42 Å². The molecule has 0 fully saturated rings. The maximum absolute atomic E-state index is 13.5. The van der Waals surface area contributed by atoms with Gasteiger partial charge < -0.3 is 15.4 Å². The van der Waals surface area contributed by atoms with Crippen LogP contribution in [0.5, 0.6) is 0 Å². The molecule has 112 valence electrons. The number of aromatic nitrogens is 2. The zero-order valence-corrected chi connectivity index (χ0v) is 11.6. The molecule has 7 heteroatoms. The Morgan fingerprint density at radius 1 is 1.24 bits per heavy atom. The second-order valence-electron chi connectivity index (χ2n) is 4.29. The maximum atomic E-state index is 13.5. The van der Waals surface area contributed by atoms with Crippen LogP contribution in [0, 0.1) is 11.6 Å². The number of rotatable bonds is 7. The number of anilines is 3. The first-order chi connectivity index (χ1) is 10.2. The van der Waals surface area contributed by atoms with Gasteiger partial charge in [0.15, 0.2) is 0 Å². The number of hydrogen-bond acceptors (Lipinski definition) is 5. The number of methoxy groups -OCH3 is 1. The Balaban J connectivity index is 2.00. The van der Waals surface area contributed by atoms with Crippen LogP contribution in [0.15, 0.2) is 30.5 Å². The van der Waals surface area contributed by atoms with Crippen molar-refractivity contribution in [2.45, 2.75) is 6.42 Å². The van der Waals surface area contributed by atoms with E-state index in [-0.39, 0.29) is 5.69 Å². The summed E-state index contributed by atoms with van der Waals surface area (Å²) in [5, 5.41) is 5.82. The molecule has 5 nitrogen and oxygen atoms in total. The average Bonchev–Trinajstić information content (AvgIpc) is 2.47. The van der Waals surface area contributed by atoms with Gasteiger partial charge in [0.1, 0.15) is 17.5 Å². The zero-order chi connectivity index (χ0) is 15.1. The molecule has 21 heavy (non-hydrogen) atoms. The molecule has 1 aromatic carbocycles. The Morgan fingerprint density at radius 3 is 2.86 bits per heavy atom. The normalized spacial score (nSPS) is 10.4. The SMILES string of the molecule is COCCCNc1nccc(Nc2ccc(F)cc2F)n1. The lowest BCUT2D eigenvalue weighted by Gasteiger charge is -2.09. The fourth-order valence-electron chi connectivity index (χ4n) is 1.66. The predicted octanol–water partition coefficient (Wildman–Crippen LogP) is 2.95. The molecule has 0 spiro atoms. The molecular formula is C14H16F2N4O. The van der Waals surface area contributed by atoms with E-state index < -0.39 is 11.6 Å². The van der Waals surface area contributed by atoms with Gasteiger partial charge in [-0.1, -0.05) is 0 Å². The molecule has 1 heterocycles. The van der Waals surface area contributed by atoms with Crippen LogP contribution < -0.4 is 10.6 Å². The van der Waals surface area contributed by atoms with Gasteiger partial charge in [-0.05, 0) is 24.6 Å². The molecule has 0 bridgehead atoms. The summed E-state index contributed by atoms with van der Waals surface area (Å²) in [6.07, 6.45) is 2.37. The predicted molar refractivity (Wildman–Crippen MR) is 76.7 cm³/mol. The molecule has 0 radical (unpaired) electrons. The van der Waals surface area contributed by atoms with E-state index in [0.717, 1.165) is 12.5 Å². The molecule has 0 amide bonds. The van der Waals surface area contributed by atoms with Gasteiger partial charge in [-0.25, -0.2) is 13.8 Å². The highest BCUT2D eigenvalue weighted by Crippen LogP contribution is 2.19. The number of benzene rings is 1. The van der Waals surface area contributed by atoms with Gasteiger partial charge >= 0.3 is 0 Å². The minimum atomic E-state index is -0.678. The third-order valence-corrected chi connectivity index (χ3v) is 2.66. The summed E-state index contributed by atoms with van der Waals surface area (Å²) in [4.78, 5) is 8.25. The quantitative estimate of drug-likeness (QED) is 0.769. The van der Waals surface area contributed by atoms with Crippen LogP contribution in [-0.4, -0.2) is 30.2 Å². The molecule has 2 rings (SSSR count). The third-order valence-electron chi connectivity index (χ3n) is 2.66. The van der Waals surface area contributed by atoms with Crippen molar-refractivity contribution in [1.82, 2.24) is 9.97 Å². The van der Waals surface area contributed by atoms with Crippen molar-refractivity contribution in [2.24, 2.45) is 0 Å². The first-order valence-electron chi connectivity index (χ1n) is 6.47. The highest BCUT2D eigenvalue weighted by Gasteiger charge is 2.05. The standard InChI is InChI=1S/C14H16F2N4O/c1-21-8-2-6-17-14-18-7-5-13(20-14)19-12-4-3-10(15)9-11(12)16/h3-5,7,9H,2,6,8H2,1H3,(H2,17,18,19,20). The average molecular weight is 294 g/mol. The first-order valence-corrected chi connectivity index (χ1v) is 6.47. The van der Waals surface area contributed by atoms with Crippen molar-refractivity contribution in [3.63, 3.8) is 0 Å². The van der Waals surface area contributed by atoms with Gasteiger partial charge in [-0.15, -0.1) is 0 Å². The molecule has 0 saturated carbocycles. The summed E-state index contributed by atoms with van der Waals surface area (Å²) >= 11 is 0. The second kappa shape index (κ2) is 7.49. The van der Waals surface area contributed by atoms with Gasteiger partial charge in [0, 0.05) is 32.5 Å². The van der Waals surface area contributed by atoms with Crippen molar-refractivity contribution in [1.29, 1.82) is 0 Å². The van der Waals surface area contributed by atoms with Crippen molar-refractivity contribution in [3.05, 3.63) is 42.1 Å². The van der Waals surface area contributed by atoms with Gasteiger partial charge in [0.05, 0.1) is 5.69 Å². The Kier molecular flexibility index (Phi) is 5.39. The molecule has 0 atom stereocenters. The lowest BCUT2D eigenvalue weighted by atomic mass is 10.3. The van der Waals surface area contributed by atoms with E-state index in [1.54, 1.807) is 19.4 Å². The summed E-state index contributed by atoms with van der Waals surface area (Å²) in [5.41, 5.74) is 0.153. The molecule has 0 aliphatic heterocycles. The van der Waals surface area contributed by atoms with E-state index >= 15 is 0 Å². The topological polar surface area (TPSA) is 59.1 Å². The summed E-state index contributed by atoms with van der Waals surface area (Å²) in [6.45, 7) is 1.31. The monoisotopic (exact) mass is 294 g/mol. The molecule has 0 unspecified atom stereocenters. The highest BCUT2D eigenvalue weighted by molar-refractivity contribution is 5.57. The minimum absolute atomic E-state index is 0.153. The Bertz CT molecular complexity index is 595. The van der Waals surface area contributed by atoms with Crippen LogP contribution >= 0.6 is 0 Å². The third kappa shape index (κ3) is 4.64. The van der Waals surface area contributed by atoms with E-state index in [0.29, 0.717) is 24.9 Å². The number of nitrogens with one attached hydrogen (secondary N) is 2. The largest absolute Gasteiger partial charge is 0.385 e. The Hall–Kier alpha value is -2.28. The van der Waals surface area contributed by atoms with Gasteiger partial charge in [-0.3, -0.25) is 0 Å². The van der Waals surface area contributed by atoms with Crippen molar-refractivity contribution in [3.8, 4) is 0 Å². The molecule has 0 aliphatic rings. The number of ether oxygens (including phenoxy) is 1. The fraction of sp³-hybridized carbons (Fsp3) is 0.286. The smallest absolute Gasteiger partial charge is 0.224 e. The number of halogens is 2. The lowest BCUT2D eigenvalue weighted by molar-refractivity contribution is 0.197. The van der Waals surface area contributed by atoms with Crippen LogP contribution in [0.3, 0.4) is 0 Å². The van der Waals surface area contributed by atoms with E-state index in [2.05, 4.69) is 20.6 Å². The Labute approximate surface area is 121 Å². The van der Waals surface area contributed by atoms with Gasteiger partial charge in [-0.2, -0.15) is 4.98 Å². The minimum Gasteiger partial charge on any atom is -0.385 e. The molecule has 2 aromatic rings. The van der Waals surface area contributed by atoms with Crippen molar-refractivity contribution >= 4 is 17.5 Å². The van der Waals surface area contributed by atoms with E-state index in [4.69, 9.17) is 4.74 Å². The lowest BCUT2D eigenvalue weighted by Crippen LogP contribution is -2.08. The second-order valence-corrected chi connectivity index (χ2v) is 4.29. The van der Waals surface area contributed by atoms with Crippen molar-refractivity contribution < 1.29 is 13.5 Å². The van der Waals surface area contributed by atoms with Crippen LogP contribution in [0.25, 0.3) is 0 Å². The maximum Gasteiger partial charge on any atom is 0.224 e. The number of hydrogen-bond donors (Lipinski definition) is 2. The summed E-state index contributed by atoms with van der Waals surface area (Å²) in [7, 11) is 1.64. The molecule has 2 N–H and O–H groups in total. The van der Waals surface area contributed by atoms with Crippen LogP contribution in [-0.2, 0) is 4.74 Å². The summed E-state index contributed by atoms with van der Waals surface area (Å²) in [6, 6.07) is 4.91. The zero-order valence-electron chi connectivity index (χ0n) is 11.6. The molecule has 0 aliphatic carbocycles. The highest BCUT2D eigenvalue weighted by atomic mass is 19.1. The summed E-state index contributed by atoms with van der Waals surface area (Å²) in [5.74, 6) is -0.451. The number of nitrogens with zero attached hydrogens (tertiary/aromatic N) is 2. The van der Waals surface area contributed by atoms with E-state index in [9.17, 15) is 8.78 Å². The first kappa shape index (κ1) is 15.1. The van der Waals surface area contributed by atoms with E-state index in [1.807, 2.05) is 0 Å². The van der Waals surface area contributed by atoms with Gasteiger partial charge in [0.25, 0.3) is 0 Å². The fourth-order valence-corrected chi connectivity index (χ4v) is 1.66. The summed E-state index contributed by atoms with van der Waals surface area (Å²) < 4.78 is 31.3. The van der Waals surface area contributed by atoms with Crippen LogP contribution in [0.2, 0.25) is 0 Å². The van der Waals surface area contributed by atoms with Crippen molar-refractivity contribution in [2.75, 3.05) is 30.9 Å².